The predicted octanol–water partition coefficient (Wildman–Crippen LogP) is 4.19. The molecule has 0 unspecified atom stereocenters. The zero-order valence-electron chi connectivity index (χ0n) is 17.6. The first kappa shape index (κ1) is 21.1. The van der Waals surface area contributed by atoms with Crippen molar-refractivity contribution in [3.8, 4) is 11.1 Å². The standard InChI is InChI=1S/C24H21N3O5S/c28-21(27-11-5-10-20(27)22(29)30)19-13-33-23(25-19)26-24(31)32-12-18-16-8-3-1-6-14(16)15-7-2-4-9-17(15)18/h1-4,6-9,13,18,20H,5,10-12H2,(H,29,30)(H,25,26,31)/t20-/m1/s1. The van der Waals surface area contributed by atoms with Crippen LogP contribution >= 0.6 is 11.3 Å². The van der Waals surface area contributed by atoms with E-state index in [1.54, 1.807) is 0 Å². The van der Waals surface area contributed by atoms with Crippen molar-refractivity contribution in [2.75, 3.05) is 18.5 Å². The van der Waals surface area contributed by atoms with Crippen LogP contribution in [0.15, 0.2) is 53.9 Å². The molecule has 2 aliphatic rings. The number of rotatable bonds is 5. The van der Waals surface area contributed by atoms with Crippen molar-refractivity contribution in [1.82, 2.24) is 9.88 Å². The summed E-state index contributed by atoms with van der Waals surface area (Å²) in [6.45, 7) is 0.549. The van der Waals surface area contributed by atoms with Crippen LogP contribution in [0.4, 0.5) is 9.93 Å². The number of carbonyl (C=O) groups is 3. The fourth-order valence-corrected chi connectivity index (χ4v) is 5.23. The molecule has 1 aliphatic heterocycles. The van der Waals surface area contributed by atoms with Crippen molar-refractivity contribution in [1.29, 1.82) is 0 Å². The van der Waals surface area contributed by atoms with E-state index in [1.807, 2.05) is 36.4 Å². The summed E-state index contributed by atoms with van der Waals surface area (Å²) in [5.41, 5.74) is 4.64. The molecule has 2 aromatic carbocycles. The zero-order valence-corrected chi connectivity index (χ0v) is 18.4. The summed E-state index contributed by atoms with van der Waals surface area (Å²) < 4.78 is 5.51. The van der Waals surface area contributed by atoms with E-state index in [0.29, 0.717) is 19.4 Å². The molecule has 2 heterocycles. The van der Waals surface area contributed by atoms with Gasteiger partial charge in [-0.3, -0.25) is 10.1 Å². The lowest BCUT2D eigenvalue weighted by atomic mass is 9.98. The second-order valence-electron chi connectivity index (χ2n) is 7.98. The molecule has 1 saturated heterocycles. The van der Waals surface area contributed by atoms with Crippen LogP contribution in [0.2, 0.25) is 0 Å². The average molecular weight is 464 g/mol. The fourth-order valence-electron chi connectivity index (χ4n) is 4.56. The SMILES string of the molecule is O=C(Nc1nc(C(=O)N2CCC[C@@H]2C(=O)O)cs1)OCC1c2ccccc2-c2ccccc21. The van der Waals surface area contributed by atoms with Crippen LogP contribution in [0.25, 0.3) is 11.1 Å². The van der Waals surface area contributed by atoms with Crippen molar-refractivity contribution >= 4 is 34.4 Å². The molecule has 0 saturated carbocycles. The number of benzene rings is 2. The molecule has 1 atom stereocenters. The molecule has 0 radical (unpaired) electrons. The maximum atomic E-state index is 12.7. The summed E-state index contributed by atoms with van der Waals surface area (Å²) >= 11 is 1.09. The van der Waals surface area contributed by atoms with E-state index in [-0.39, 0.29) is 23.4 Å². The monoisotopic (exact) mass is 463 g/mol. The Hall–Kier alpha value is -3.72. The van der Waals surface area contributed by atoms with Gasteiger partial charge in [0.25, 0.3) is 5.91 Å². The third-order valence-electron chi connectivity index (χ3n) is 6.07. The Kier molecular flexibility index (Phi) is 5.55. The van der Waals surface area contributed by atoms with Gasteiger partial charge in [0.1, 0.15) is 18.3 Å². The van der Waals surface area contributed by atoms with Crippen LogP contribution in [0.3, 0.4) is 0 Å². The molecule has 8 nitrogen and oxygen atoms in total. The molecule has 1 aliphatic carbocycles. The Morgan fingerprint density at radius 2 is 1.76 bits per heavy atom. The van der Waals surface area contributed by atoms with E-state index >= 15 is 0 Å². The quantitative estimate of drug-likeness (QED) is 0.587. The fraction of sp³-hybridized carbons (Fsp3) is 0.250. The number of likely N-dealkylation sites (tertiary alicyclic amines) is 1. The van der Waals surface area contributed by atoms with Gasteiger partial charge < -0.3 is 14.7 Å². The van der Waals surface area contributed by atoms with Gasteiger partial charge in [-0.1, -0.05) is 48.5 Å². The Balaban J connectivity index is 1.23. The number of anilines is 1. The maximum Gasteiger partial charge on any atom is 0.413 e. The molecule has 5 rings (SSSR count). The number of ether oxygens (including phenoxy) is 1. The first-order chi connectivity index (χ1) is 16.0. The molecule has 9 heteroatoms. The highest BCUT2D eigenvalue weighted by molar-refractivity contribution is 7.14. The van der Waals surface area contributed by atoms with Crippen LogP contribution in [0.1, 0.15) is 40.4 Å². The van der Waals surface area contributed by atoms with Crippen molar-refractivity contribution in [2.24, 2.45) is 0 Å². The highest BCUT2D eigenvalue weighted by Gasteiger charge is 2.35. The molecular formula is C24H21N3O5S. The van der Waals surface area contributed by atoms with Crippen molar-refractivity contribution in [2.45, 2.75) is 24.8 Å². The van der Waals surface area contributed by atoms with Crippen molar-refractivity contribution < 1.29 is 24.2 Å². The van der Waals surface area contributed by atoms with E-state index in [0.717, 1.165) is 33.6 Å². The number of hydrogen-bond donors (Lipinski definition) is 2. The molecule has 168 valence electrons. The van der Waals surface area contributed by atoms with E-state index in [1.165, 1.54) is 10.3 Å². The molecule has 2 N–H and O–H groups in total. The molecule has 2 amide bonds. The summed E-state index contributed by atoms with van der Waals surface area (Å²) in [4.78, 5) is 41.9. The van der Waals surface area contributed by atoms with E-state index in [2.05, 4.69) is 22.4 Å². The molecule has 1 fully saturated rings. The van der Waals surface area contributed by atoms with Gasteiger partial charge >= 0.3 is 12.1 Å². The Labute approximate surface area is 193 Å². The number of hydrogen-bond acceptors (Lipinski definition) is 6. The Bertz CT molecular complexity index is 1190. The number of fused-ring (bicyclic) bond motifs is 3. The lowest BCUT2D eigenvalue weighted by Crippen LogP contribution is -2.40. The molecule has 3 aromatic rings. The summed E-state index contributed by atoms with van der Waals surface area (Å²) in [6.07, 6.45) is 0.406. The highest BCUT2D eigenvalue weighted by atomic mass is 32.1. The van der Waals surface area contributed by atoms with Crippen LogP contribution in [0, 0.1) is 0 Å². The van der Waals surface area contributed by atoms with Crippen LogP contribution < -0.4 is 5.32 Å². The Morgan fingerprint density at radius 3 is 2.42 bits per heavy atom. The van der Waals surface area contributed by atoms with E-state index < -0.39 is 24.0 Å². The molecule has 0 bridgehead atoms. The van der Waals surface area contributed by atoms with Gasteiger partial charge in [0.15, 0.2) is 5.13 Å². The minimum Gasteiger partial charge on any atom is -0.480 e. The number of nitrogens with one attached hydrogen (secondary N) is 1. The number of aliphatic carboxylic acids is 1. The molecular weight excluding hydrogens is 442 g/mol. The van der Waals surface area contributed by atoms with Gasteiger partial charge in [-0.05, 0) is 35.1 Å². The van der Waals surface area contributed by atoms with Crippen LogP contribution in [0.5, 0.6) is 0 Å². The smallest absolute Gasteiger partial charge is 0.413 e. The lowest BCUT2D eigenvalue weighted by molar-refractivity contribution is -0.141. The number of carboxylic acids is 1. The summed E-state index contributed by atoms with van der Waals surface area (Å²) in [7, 11) is 0. The summed E-state index contributed by atoms with van der Waals surface area (Å²) in [6, 6.07) is 15.3. The highest BCUT2D eigenvalue weighted by Crippen LogP contribution is 2.44. The first-order valence-electron chi connectivity index (χ1n) is 10.6. The maximum absolute atomic E-state index is 12.7. The van der Waals surface area contributed by atoms with Crippen LogP contribution in [-0.2, 0) is 9.53 Å². The molecule has 33 heavy (non-hydrogen) atoms. The van der Waals surface area contributed by atoms with Gasteiger partial charge in [-0.15, -0.1) is 11.3 Å². The topological polar surface area (TPSA) is 109 Å². The number of aromatic nitrogens is 1. The average Bonchev–Trinajstić information content (AvgIpc) is 3.55. The second-order valence-corrected chi connectivity index (χ2v) is 8.84. The molecule has 0 spiro atoms. The minimum atomic E-state index is -1.02. The molecule has 1 aromatic heterocycles. The summed E-state index contributed by atoms with van der Waals surface area (Å²) in [5, 5.41) is 13.6. The van der Waals surface area contributed by atoms with Gasteiger partial charge in [0, 0.05) is 17.8 Å². The van der Waals surface area contributed by atoms with Gasteiger partial charge in [0.2, 0.25) is 0 Å². The van der Waals surface area contributed by atoms with Crippen molar-refractivity contribution in [3.05, 3.63) is 70.7 Å². The largest absolute Gasteiger partial charge is 0.480 e. The van der Waals surface area contributed by atoms with Gasteiger partial charge in [-0.25, -0.2) is 14.6 Å². The Morgan fingerprint density at radius 1 is 1.09 bits per heavy atom. The predicted molar refractivity (Wildman–Crippen MR) is 122 cm³/mol. The third-order valence-corrected chi connectivity index (χ3v) is 6.83. The third kappa shape index (κ3) is 3.95. The number of carbonyl (C=O) groups excluding carboxylic acids is 2. The summed E-state index contributed by atoms with van der Waals surface area (Å²) in [5.74, 6) is -1.52. The van der Waals surface area contributed by atoms with Gasteiger partial charge in [-0.2, -0.15) is 0 Å². The van der Waals surface area contributed by atoms with E-state index in [9.17, 15) is 19.5 Å². The van der Waals surface area contributed by atoms with Crippen molar-refractivity contribution in [3.63, 3.8) is 0 Å². The zero-order chi connectivity index (χ0) is 22.9. The minimum absolute atomic E-state index is 0.0558. The number of carboxylic acid groups (broad SMARTS) is 1. The van der Waals surface area contributed by atoms with Crippen LogP contribution in [-0.4, -0.2) is 52.2 Å². The second kappa shape index (κ2) is 8.67. The van der Waals surface area contributed by atoms with Gasteiger partial charge in [0.05, 0.1) is 0 Å². The normalized spacial score (nSPS) is 16.8. The number of nitrogens with zero attached hydrogens (tertiary/aromatic N) is 2. The number of amides is 2. The number of thiazole rings is 1. The first-order valence-corrected chi connectivity index (χ1v) is 11.5. The lowest BCUT2D eigenvalue weighted by Gasteiger charge is -2.20. The van der Waals surface area contributed by atoms with E-state index in [4.69, 9.17) is 4.74 Å².